The van der Waals surface area contributed by atoms with Crippen LogP contribution in [-0.4, -0.2) is 23.1 Å². The van der Waals surface area contributed by atoms with Crippen LogP contribution in [0.3, 0.4) is 0 Å². The van der Waals surface area contributed by atoms with Gasteiger partial charge in [-0.3, -0.25) is 0 Å². The van der Waals surface area contributed by atoms with Gasteiger partial charge >= 0.3 is 0 Å². The van der Waals surface area contributed by atoms with Gasteiger partial charge in [0.25, 0.3) is 0 Å². The highest BCUT2D eigenvalue weighted by Gasteiger charge is 2.20. The zero-order valence-electron chi connectivity index (χ0n) is 14.4. The fourth-order valence-corrected chi connectivity index (χ4v) is 3.54. The standard InChI is InChI=1S/C21H26N2S/c1-17-7-9-20(10-8-17)16-22-21(24)23-13-11-19(12-14-23)15-18-5-3-2-4-6-18/h2-10,19H,11-16H2,1H3,(H,22,24). The lowest BCUT2D eigenvalue weighted by Gasteiger charge is -2.34. The Morgan fingerprint density at radius 2 is 1.67 bits per heavy atom. The number of benzene rings is 2. The Kier molecular flexibility index (Phi) is 5.86. The van der Waals surface area contributed by atoms with Crippen LogP contribution in [-0.2, 0) is 13.0 Å². The Morgan fingerprint density at radius 1 is 1.00 bits per heavy atom. The van der Waals surface area contributed by atoms with Crippen molar-refractivity contribution in [3.8, 4) is 0 Å². The van der Waals surface area contributed by atoms with Crippen LogP contribution in [0.2, 0.25) is 0 Å². The molecule has 0 aliphatic carbocycles. The molecule has 0 spiro atoms. The molecule has 24 heavy (non-hydrogen) atoms. The van der Waals surface area contributed by atoms with E-state index < -0.39 is 0 Å². The van der Waals surface area contributed by atoms with Crippen LogP contribution < -0.4 is 5.32 Å². The van der Waals surface area contributed by atoms with Crippen molar-refractivity contribution in [1.29, 1.82) is 0 Å². The molecular formula is C21H26N2S. The lowest BCUT2D eigenvalue weighted by Crippen LogP contribution is -2.44. The van der Waals surface area contributed by atoms with Crippen molar-refractivity contribution < 1.29 is 0 Å². The molecule has 0 bridgehead atoms. The summed E-state index contributed by atoms with van der Waals surface area (Å²) in [6.45, 7) is 5.05. The summed E-state index contributed by atoms with van der Waals surface area (Å²) in [4.78, 5) is 2.32. The summed E-state index contributed by atoms with van der Waals surface area (Å²) in [5.74, 6) is 0.781. The predicted octanol–water partition coefficient (Wildman–Crippen LogP) is 4.32. The fourth-order valence-electron chi connectivity index (χ4n) is 3.28. The van der Waals surface area contributed by atoms with Gasteiger partial charge in [0.1, 0.15) is 0 Å². The molecule has 0 aromatic heterocycles. The van der Waals surface area contributed by atoms with Crippen LogP contribution in [0.15, 0.2) is 54.6 Å². The van der Waals surface area contributed by atoms with E-state index in [4.69, 9.17) is 12.2 Å². The molecule has 0 radical (unpaired) electrons. The van der Waals surface area contributed by atoms with Crippen LogP contribution in [0.5, 0.6) is 0 Å². The zero-order valence-corrected chi connectivity index (χ0v) is 15.2. The first kappa shape index (κ1) is 17.0. The number of aryl methyl sites for hydroxylation is 1. The van der Waals surface area contributed by atoms with E-state index in [1.165, 1.54) is 36.0 Å². The van der Waals surface area contributed by atoms with Crippen molar-refractivity contribution in [2.45, 2.75) is 32.7 Å². The van der Waals surface area contributed by atoms with Crippen molar-refractivity contribution in [3.63, 3.8) is 0 Å². The van der Waals surface area contributed by atoms with Gasteiger partial charge in [0, 0.05) is 19.6 Å². The highest BCUT2D eigenvalue weighted by atomic mass is 32.1. The second kappa shape index (κ2) is 8.29. The molecule has 0 saturated carbocycles. The number of thiocarbonyl (C=S) groups is 1. The first-order chi connectivity index (χ1) is 11.7. The van der Waals surface area contributed by atoms with Gasteiger partial charge in [-0.1, -0.05) is 60.2 Å². The van der Waals surface area contributed by atoms with Gasteiger partial charge in [0.15, 0.2) is 5.11 Å². The molecule has 1 saturated heterocycles. The molecule has 2 nitrogen and oxygen atoms in total. The van der Waals surface area contributed by atoms with Gasteiger partial charge in [0.05, 0.1) is 0 Å². The molecule has 0 atom stereocenters. The van der Waals surface area contributed by atoms with E-state index in [1.807, 2.05) is 0 Å². The van der Waals surface area contributed by atoms with Crippen molar-refractivity contribution in [1.82, 2.24) is 10.2 Å². The van der Waals surface area contributed by atoms with Gasteiger partial charge in [-0.25, -0.2) is 0 Å². The molecule has 126 valence electrons. The number of hydrogen-bond acceptors (Lipinski definition) is 1. The number of nitrogens with one attached hydrogen (secondary N) is 1. The Hall–Kier alpha value is -1.87. The maximum absolute atomic E-state index is 5.58. The Labute approximate surface area is 150 Å². The molecule has 2 aromatic carbocycles. The highest BCUT2D eigenvalue weighted by molar-refractivity contribution is 7.80. The Bertz CT molecular complexity index is 643. The number of rotatable bonds is 4. The van der Waals surface area contributed by atoms with Gasteiger partial charge in [-0.2, -0.15) is 0 Å². The molecule has 0 amide bonds. The normalized spacial score (nSPS) is 15.3. The second-order valence-corrected chi connectivity index (χ2v) is 7.15. The number of hydrogen-bond donors (Lipinski definition) is 1. The number of nitrogens with zero attached hydrogens (tertiary/aromatic N) is 1. The van der Waals surface area contributed by atoms with Crippen LogP contribution in [0.4, 0.5) is 0 Å². The Morgan fingerprint density at radius 3 is 2.33 bits per heavy atom. The predicted molar refractivity (Wildman–Crippen MR) is 105 cm³/mol. The van der Waals surface area contributed by atoms with E-state index in [1.54, 1.807) is 0 Å². The average molecular weight is 339 g/mol. The van der Waals surface area contributed by atoms with Crippen LogP contribution >= 0.6 is 12.2 Å². The van der Waals surface area contributed by atoms with Crippen LogP contribution in [0.25, 0.3) is 0 Å². The summed E-state index contributed by atoms with van der Waals surface area (Å²) >= 11 is 5.58. The summed E-state index contributed by atoms with van der Waals surface area (Å²) in [7, 11) is 0. The maximum Gasteiger partial charge on any atom is 0.169 e. The summed E-state index contributed by atoms with van der Waals surface area (Å²) < 4.78 is 0. The minimum atomic E-state index is 0.781. The summed E-state index contributed by atoms with van der Waals surface area (Å²) in [5.41, 5.74) is 4.03. The fraction of sp³-hybridized carbons (Fsp3) is 0.381. The minimum Gasteiger partial charge on any atom is -0.358 e. The van der Waals surface area contributed by atoms with Crippen molar-refractivity contribution >= 4 is 17.3 Å². The monoisotopic (exact) mass is 338 g/mol. The van der Waals surface area contributed by atoms with E-state index in [9.17, 15) is 0 Å². The van der Waals surface area contributed by atoms with Crippen molar-refractivity contribution in [2.24, 2.45) is 5.92 Å². The summed E-state index contributed by atoms with van der Waals surface area (Å²) in [5, 5.41) is 4.31. The van der Waals surface area contributed by atoms with Crippen molar-refractivity contribution in [3.05, 3.63) is 71.3 Å². The van der Waals surface area contributed by atoms with Crippen molar-refractivity contribution in [2.75, 3.05) is 13.1 Å². The third kappa shape index (κ3) is 4.81. The third-order valence-corrected chi connectivity index (χ3v) is 5.24. The van der Waals surface area contributed by atoms with E-state index in [0.29, 0.717) is 0 Å². The average Bonchev–Trinajstić information content (AvgIpc) is 2.62. The highest BCUT2D eigenvalue weighted by Crippen LogP contribution is 2.21. The van der Waals surface area contributed by atoms with Gasteiger partial charge in [0.2, 0.25) is 0 Å². The quantitative estimate of drug-likeness (QED) is 0.836. The van der Waals surface area contributed by atoms with E-state index in [0.717, 1.165) is 30.7 Å². The largest absolute Gasteiger partial charge is 0.358 e. The first-order valence-corrected chi connectivity index (χ1v) is 9.24. The molecule has 1 aliphatic heterocycles. The van der Waals surface area contributed by atoms with E-state index in [2.05, 4.69) is 71.7 Å². The molecular weight excluding hydrogens is 312 g/mol. The molecule has 1 aliphatic rings. The van der Waals surface area contributed by atoms with E-state index in [-0.39, 0.29) is 0 Å². The lowest BCUT2D eigenvalue weighted by molar-refractivity contribution is 0.263. The Balaban J connectivity index is 1.42. The molecule has 1 N–H and O–H groups in total. The van der Waals surface area contributed by atoms with Gasteiger partial charge < -0.3 is 10.2 Å². The molecule has 3 rings (SSSR count). The smallest absolute Gasteiger partial charge is 0.169 e. The molecule has 2 aromatic rings. The second-order valence-electron chi connectivity index (χ2n) is 6.76. The molecule has 1 heterocycles. The molecule has 1 fully saturated rings. The molecule has 0 unspecified atom stereocenters. The van der Waals surface area contributed by atoms with Gasteiger partial charge in [-0.15, -0.1) is 0 Å². The van der Waals surface area contributed by atoms with Gasteiger partial charge in [-0.05, 0) is 55.4 Å². The number of piperidine rings is 1. The van der Waals surface area contributed by atoms with Crippen LogP contribution in [0, 0.1) is 12.8 Å². The zero-order chi connectivity index (χ0) is 16.8. The topological polar surface area (TPSA) is 15.3 Å². The molecule has 3 heteroatoms. The van der Waals surface area contributed by atoms with Crippen LogP contribution in [0.1, 0.15) is 29.5 Å². The summed E-state index contributed by atoms with van der Waals surface area (Å²) in [6.07, 6.45) is 3.64. The SMILES string of the molecule is Cc1ccc(CNC(=S)N2CCC(Cc3ccccc3)CC2)cc1. The third-order valence-electron chi connectivity index (χ3n) is 4.83. The minimum absolute atomic E-state index is 0.781. The lowest BCUT2D eigenvalue weighted by atomic mass is 9.90. The number of likely N-dealkylation sites (tertiary alicyclic amines) is 1. The maximum atomic E-state index is 5.58. The van der Waals surface area contributed by atoms with E-state index >= 15 is 0 Å². The first-order valence-electron chi connectivity index (χ1n) is 8.83. The summed E-state index contributed by atoms with van der Waals surface area (Å²) in [6, 6.07) is 19.5.